The Bertz CT molecular complexity index is 581. The number of hydrogen-bond donors (Lipinski definition) is 1. The number of esters is 1. The Hall–Kier alpha value is -2.49. The van der Waals surface area contributed by atoms with Gasteiger partial charge in [-0.25, -0.2) is 4.79 Å². The molecule has 0 aromatic heterocycles. The van der Waals surface area contributed by atoms with Gasteiger partial charge in [-0.3, -0.25) is 0 Å². The molecule has 2 rings (SSSR count). The Morgan fingerprint density at radius 2 is 1.95 bits per heavy atom. The van der Waals surface area contributed by atoms with Gasteiger partial charge in [-0.15, -0.1) is 0 Å². The van der Waals surface area contributed by atoms with Crippen molar-refractivity contribution in [1.82, 2.24) is 0 Å². The first kappa shape index (κ1) is 13.0. The van der Waals surface area contributed by atoms with E-state index in [1.54, 1.807) is 24.3 Å². The van der Waals surface area contributed by atoms with Crippen LogP contribution in [0, 0.1) is 0 Å². The number of benzene rings is 2. The minimum Gasteiger partial charge on any atom is -0.488 e. The molecule has 2 aromatic rings. The fourth-order valence-electron chi connectivity index (χ4n) is 1.72. The van der Waals surface area contributed by atoms with Crippen molar-refractivity contribution in [3.63, 3.8) is 0 Å². The van der Waals surface area contributed by atoms with E-state index in [0.29, 0.717) is 23.6 Å². The van der Waals surface area contributed by atoms with E-state index < -0.39 is 5.97 Å². The number of rotatable bonds is 4. The Morgan fingerprint density at radius 1 is 1.16 bits per heavy atom. The maximum Gasteiger partial charge on any atom is 0.341 e. The second-order valence-corrected chi connectivity index (χ2v) is 4.02. The summed E-state index contributed by atoms with van der Waals surface area (Å²) in [6.45, 7) is 0.346. The van der Waals surface area contributed by atoms with Gasteiger partial charge in [0.1, 0.15) is 17.9 Å². The number of anilines is 1. The third-order valence-corrected chi connectivity index (χ3v) is 2.64. The summed E-state index contributed by atoms with van der Waals surface area (Å²) < 4.78 is 10.4. The second-order valence-electron chi connectivity index (χ2n) is 4.02. The van der Waals surface area contributed by atoms with Crippen LogP contribution in [0.1, 0.15) is 15.9 Å². The van der Waals surface area contributed by atoms with Crippen LogP contribution in [-0.4, -0.2) is 13.1 Å². The molecule has 0 bridgehead atoms. The van der Waals surface area contributed by atoms with E-state index in [0.717, 1.165) is 5.56 Å². The van der Waals surface area contributed by atoms with Crippen LogP contribution in [0.15, 0.2) is 48.5 Å². The van der Waals surface area contributed by atoms with Gasteiger partial charge in [0.2, 0.25) is 0 Å². The van der Waals surface area contributed by atoms with Gasteiger partial charge in [0.15, 0.2) is 0 Å². The zero-order chi connectivity index (χ0) is 13.7. The van der Waals surface area contributed by atoms with Gasteiger partial charge >= 0.3 is 5.97 Å². The largest absolute Gasteiger partial charge is 0.488 e. The molecular weight excluding hydrogens is 242 g/mol. The lowest BCUT2D eigenvalue weighted by atomic mass is 10.2. The molecule has 0 unspecified atom stereocenters. The minimum absolute atomic E-state index is 0.346. The van der Waals surface area contributed by atoms with E-state index in [-0.39, 0.29) is 0 Å². The van der Waals surface area contributed by atoms with Crippen LogP contribution in [0.3, 0.4) is 0 Å². The molecule has 4 heteroatoms. The minimum atomic E-state index is -0.414. The topological polar surface area (TPSA) is 61.5 Å². The molecule has 0 aliphatic carbocycles. The third kappa shape index (κ3) is 3.25. The molecule has 0 amide bonds. The molecule has 0 saturated heterocycles. The number of carbonyl (C=O) groups is 1. The molecule has 0 spiro atoms. The average molecular weight is 257 g/mol. The van der Waals surface area contributed by atoms with Crippen LogP contribution >= 0.6 is 0 Å². The Morgan fingerprint density at radius 3 is 2.68 bits per heavy atom. The monoisotopic (exact) mass is 257 g/mol. The number of nitrogen functional groups attached to an aromatic ring is 1. The van der Waals surface area contributed by atoms with E-state index in [1.165, 1.54) is 7.11 Å². The molecule has 0 aliphatic heterocycles. The lowest BCUT2D eigenvalue weighted by molar-refractivity contribution is 0.0595. The summed E-state index contributed by atoms with van der Waals surface area (Å²) >= 11 is 0. The highest BCUT2D eigenvalue weighted by molar-refractivity contribution is 5.92. The first-order valence-corrected chi connectivity index (χ1v) is 5.85. The average Bonchev–Trinajstić information content (AvgIpc) is 2.45. The van der Waals surface area contributed by atoms with Gasteiger partial charge in [0, 0.05) is 5.69 Å². The molecule has 0 fully saturated rings. The molecule has 2 N–H and O–H groups in total. The summed E-state index contributed by atoms with van der Waals surface area (Å²) in [5.74, 6) is 0.0833. The maximum absolute atomic E-state index is 11.6. The van der Waals surface area contributed by atoms with Crippen molar-refractivity contribution in [3.05, 3.63) is 59.7 Å². The van der Waals surface area contributed by atoms with Crippen molar-refractivity contribution in [2.75, 3.05) is 12.8 Å². The van der Waals surface area contributed by atoms with Crippen molar-refractivity contribution in [1.29, 1.82) is 0 Å². The maximum atomic E-state index is 11.6. The lowest BCUT2D eigenvalue weighted by Gasteiger charge is -2.10. The van der Waals surface area contributed by atoms with E-state index >= 15 is 0 Å². The fraction of sp³-hybridized carbons (Fsp3) is 0.133. The van der Waals surface area contributed by atoms with Crippen molar-refractivity contribution in [2.45, 2.75) is 6.61 Å². The van der Waals surface area contributed by atoms with Crippen LogP contribution in [0.4, 0.5) is 5.69 Å². The highest BCUT2D eigenvalue weighted by Gasteiger charge is 2.11. The Kier molecular flexibility index (Phi) is 4.03. The zero-order valence-corrected chi connectivity index (χ0v) is 10.6. The Labute approximate surface area is 111 Å². The summed E-state index contributed by atoms with van der Waals surface area (Å²) in [6, 6.07) is 14.4. The highest BCUT2D eigenvalue weighted by atomic mass is 16.5. The number of ether oxygens (including phenoxy) is 2. The van der Waals surface area contributed by atoms with Crippen molar-refractivity contribution < 1.29 is 14.3 Å². The molecule has 19 heavy (non-hydrogen) atoms. The SMILES string of the molecule is COC(=O)c1ccccc1OCc1cccc(N)c1. The summed E-state index contributed by atoms with van der Waals surface area (Å²) in [6.07, 6.45) is 0. The smallest absolute Gasteiger partial charge is 0.341 e. The number of hydrogen-bond acceptors (Lipinski definition) is 4. The predicted octanol–water partition coefficient (Wildman–Crippen LogP) is 2.63. The predicted molar refractivity (Wildman–Crippen MR) is 73.0 cm³/mol. The van der Waals surface area contributed by atoms with Gasteiger partial charge in [-0.1, -0.05) is 24.3 Å². The molecule has 2 aromatic carbocycles. The first-order valence-electron chi connectivity index (χ1n) is 5.85. The molecule has 0 saturated carbocycles. The van der Waals surface area contributed by atoms with Crippen molar-refractivity contribution in [2.24, 2.45) is 0 Å². The van der Waals surface area contributed by atoms with Gasteiger partial charge in [-0.05, 0) is 29.8 Å². The fourth-order valence-corrected chi connectivity index (χ4v) is 1.72. The molecule has 0 heterocycles. The molecule has 0 atom stereocenters. The Balaban J connectivity index is 2.13. The van der Waals surface area contributed by atoms with Crippen LogP contribution in [0.5, 0.6) is 5.75 Å². The number of para-hydroxylation sites is 1. The van der Waals surface area contributed by atoms with E-state index in [4.69, 9.17) is 15.2 Å². The standard InChI is InChI=1S/C15H15NO3/c1-18-15(17)13-7-2-3-8-14(13)19-10-11-5-4-6-12(16)9-11/h2-9H,10,16H2,1H3. The number of carbonyl (C=O) groups excluding carboxylic acids is 1. The normalized spacial score (nSPS) is 9.95. The van der Waals surface area contributed by atoms with Crippen LogP contribution in [-0.2, 0) is 11.3 Å². The van der Waals surface area contributed by atoms with E-state index in [1.807, 2.05) is 24.3 Å². The van der Waals surface area contributed by atoms with Crippen LogP contribution < -0.4 is 10.5 Å². The van der Waals surface area contributed by atoms with Crippen LogP contribution in [0.2, 0.25) is 0 Å². The molecular formula is C15H15NO3. The number of methoxy groups -OCH3 is 1. The third-order valence-electron chi connectivity index (χ3n) is 2.64. The summed E-state index contributed by atoms with van der Waals surface area (Å²) in [5.41, 5.74) is 7.74. The summed E-state index contributed by atoms with van der Waals surface area (Å²) in [4.78, 5) is 11.6. The second kappa shape index (κ2) is 5.91. The molecule has 0 radical (unpaired) electrons. The first-order chi connectivity index (χ1) is 9.20. The highest BCUT2D eigenvalue weighted by Crippen LogP contribution is 2.20. The van der Waals surface area contributed by atoms with Gasteiger partial charge in [0.25, 0.3) is 0 Å². The molecule has 0 aliphatic rings. The molecule has 4 nitrogen and oxygen atoms in total. The van der Waals surface area contributed by atoms with E-state index in [2.05, 4.69) is 0 Å². The number of nitrogens with two attached hydrogens (primary N) is 1. The van der Waals surface area contributed by atoms with Gasteiger partial charge in [0.05, 0.1) is 7.11 Å². The summed E-state index contributed by atoms with van der Waals surface area (Å²) in [7, 11) is 1.34. The lowest BCUT2D eigenvalue weighted by Crippen LogP contribution is -2.05. The summed E-state index contributed by atoms with van der Waals surface area (Å²) in [5, 5.41) is 0. The molecule has 98 valence electrons. The van der Waals surface area contributed by atoms with E-state index in [9.17, 15) is 4.79 Å². The van der Waals surface area contributed by atoms with Crippen LogP contribution in [0.25, 0.3) is 0 Å². The van der Waals surface area contributed by atoms with Gasteiger partial charge in [-0.2, -0.15) is 0 Å². The zero-order valence-electron chi connectivity index (χ0n) is 10.6. The van der Waals surface area contributed by atoms with Crippen molar-refractivity contribution in [3.8, 4) is 5.75 Å². The van der Waals surface area contributed by atoms with Crippen molar-refractivity contribution >= 4 is 11.7 Å². The quantitative estimate of drug-likeness (QED) is 0.675. The van der Waals surface area contributed by atoms with Gasteiger partial charge < -0.3 is 15.2 Å².